The number of hydrogen-bond acceptors (Lipinski definition) is 3. The van der Waals surface area contributed by atoms with E-state index in [9.17, 15) is 0 Å². The second-order valence-electron chi connectivity index (χ2n) is 4.13. The lowest BCUT2D eigenvalue weighted by Gasteiger charge is -2.10. The third-order valence-corrected chi connectivity index (χ3v) is 3.67. The Morgan fingerprint density at radius 3 is 3.05 bits per heavy atom. The standard InChI is InChI=1S/C13H10BrClN4/c1-8-3-2-4-9(11(8)15)17-12-13-16-5-6-19(13)7-10(14)18-12/h2-7H,1H3,(H,17,18). The number of nitrogens with one attached hydrogen (secondary N) is 1. The summed E-state index contributed by atoms with van der Waals surface area (Å²) in [6.45, 7) is 1.97. The summed E-state index contributed by atoms with van der Waals surface area (Å²) < 4.78 is 2.62. The fourth-order valence-corrected chi connectivity index (χ4v) is 2.43. The second kappa shape index (κ2) is 4.83. The van der Waals surface area contributed by atoms with Crippen molar-refractivity contribution in [3.63, 3.8) is 0 Å². The first-order chi connectivity index (χ1) is 9.15. The molecule has 2 heterocycles. The van der Waals surface area contributed by atoms with Gasteiger partial charge in [-0.05, 0) is 34.5 Å². The van der Waals surface area contributed by atoms with E-state index < -0.39 is 0 Å². The molecule has 96 valence electrons. The van der Waals surface area contributed by atoms with Gasteiger partial charge in [-0.15, -0.1) is 0 Å². The molecule has 19 heavy (non-hydrogen) atoms. The van der Waals surface area contributed by atoms with Gasteiger partial charge in [0.1, 0.15) is 4.60 Å². The number of benzene rings is 1. The molecule has 0 fully saturated rings. The highest BCUT2D eigenvalue weighted by atomic mass is 79.9. The topological polar surface area (TPSA) is 42.2 Å². The Labute approximate surface area is 123 Å². The fraction of sp³-hybridized carbons (Fsp3) is 0.0769. The van der Waals surface area contributed by atoms with E-state index in [1.165, 1.54) is 0 Å². The van der Waals surface area contributed by atoms with Crippen LogP contribution in [0.5, 0.6) is 0 Å². The Morgan fingerprint density at radius 2 is 2.21 bits per heavy atom. The molecule has 0 saturated heterocycles. The van der Waals surface area contributed by atoms with Gasteiger partial charge in [-0.2, -0.15) is 0 Å². The van der Waals surface area contributed by atoms with Gasteiger partial charge in [0, 0.05) is 18.6 Å². The molecule has 0 saturated carbocycles. The lowest BCUT2D eigenvalue weighted by molar-refractivity contribution is 1.10. The monoisotopic (exact) mass is 336 g/mol. The van der Waals surface area contributed by atoms with Crippen molar-refractivity contribution in [3.05, 3.63) is 52.0 Å². The zero-order chi connectivity index (χ0) is 13.4. The summed E-state index contributed by atoms with van der Waals surface area (Å²) in [5.41, 5.74) is 2.58. The second-order valence-corrected chi connectivity index (χ2v) is 5.32. The van der Waals surface area contributed by atoms with E-state index in [1.807, 2.05) is 41.9 Å². The van der Waals surface area contributed by atoms with Crippen LogP contribution < -0.4 is 5.32 Å². The van der Waals surface area contributed by atoms with E-state index in [0.717, 1.165) is 21.5 Å². The first-order valence-corrected chi connectivity index (χ1v) is 6.83. The van der Waals surface area contributed by atoms with Crippen molar-refractivity contribution in [2.75, 3.05) is 5.32 Å². The molecule has 0 radical (unpaired) electrons. The highest BCUT2D eigenvalue weighted by Crippen LogP contribution is 2.29. The third-order valence-electron chi connectivity index (χ3n) is 2.79. The summed E-state index contributed by atoms with van der Waals surface area (Å²) in [5.74, 6) is 0.659. The smallest absolute Gasteiger partial charge is 0.180 e. The van der Waals surface area contributed by atoms with Crippen molar-refractivity contribution in [2.24, 2.45) is 0 Å². The SMILES string of the molecule is Cc1cccc(Nc2nc(Br)cn3ccnc23)c1Cl. The number of aryl methyl sites for hydroxylation is 1. The van der Waals surface area contributed by atoms with Gasteiger partial charge < -0.3 is 9.72 Å². The van der Waals surface area contributed by atoms with Gasteiger partial charge in [-0.3, -0.25) is 0 Å². The largest absolute Gasteiger partial charge is 0.336 e. The molecule has 2 aromatic heterocycles. The molecule has 6 heteroatoms. The maximum Gasteiger partial charge on any atom is 0.180 e. The molecule has 4 nitrogen and oxygen atoms in total. The molecule has 0 amide bonds. The Kier molecular flexibility index (Phi) is 3.16. The Balaban J connectivity index is 2.10. The Hall–Kier alpha value is -1.59. The highest BCUT2D eigenvalue weighted by molar-refractivity contribution is 9.10. The van der Waals surface area contributed by atoms with Crippen molar-refractivity contribution in [3.8, 4) is 0 Å². The summed E-state index contributed by atoms with van der Waals surface area (Å²) >= 11 is 9.66. The van der Waals surface area contributed by atoms with E-state index >= 15 is 0 Å². The molecule has 0 unspecified atom stereocenters. The number of rotatable bonds is 2. The molecular weight excluding hydrogens is 328 g/mol. The van der Waals surface area contributed by atoms with Gasteiger partial charge in [0.05, 0.1) is 10.7 Å². The van der Waals surface area contributed by atoms with Crippen LogP contribution in [0.1, 0.15) is 5.56 Å². The minimum Gasteiger partial charge on any atom is -0.336 e. The summed E-state index contributed by atoms with van der Waals surface area (Å²) in [7, 11) is 0. The van der Waals surface area contributed by atoms with E-state index in [0.29, 0.717) is 10.8 Å². The van der Waals surface area contributed by atoms with Crippen molar-refractivity contribution in [1.82, 2.24) is 14.4 Å². The van der Waals surface area contributed by atoms with Gasteiger partial charge in [0.15, 0.2) is 11.5 Å². The highest BCUT2D eigenvalue weighted by Gasteiger charge is 2.09. The minimum absolute atomic E-state index is 0.659. The molecule has 3 rings (SSSR count). The summed E-state index contributed by atoms with van der Waals surface area (Å²) in [4.78, 5) is 8.69. The number of hydrogen-bond donors (Lipinski definition) is 1. The lowest BCUT2D eigenvalue weighted by Crippen LogP contribution is -1.99. The summed E-state index contributed by atoms with van der Waals surface area (Å²) in [6.07, 6.45) is 5.45. The van der Waals surface area contributed by atoms with E-state index in [-0.39, 0.29) is 0 Å². The number of aromatic nitrogens is 3. The van der Waals surface area contributed by atoms with Crippen LogP contribution in [-0.2, 0) is 0 Å². The Morgan fingerprint density at radius 1 is 1.37 bits per heavy atom. The average molecular weight is 338 g/mol. The van der Waals surface area contributed by atoms with Crippen LogP contribution in [0.3, 0.4) is 0 Å². The zero-order valence-electron chi connectivity index (χ0n) is 10.1. The molecule has 1 aromatic carbocycles. The third kappa shape index (κ3) is 2.31. The van der Waals surface area contributed by atoms with Crippen molar-refractivity contribution in [2.45, 2.75) is 6.92 Å². The number of halogens is 2. The number of fused-ring (bicyclic) bond motifs is 1. The van der Waals surface area contributed by atoms with Crippen LogP contribution in [-0.4, -0.2) is 14.4 Å². The van der Waals surface area contributed by atoms with Crippen LogP contribution >= 0.6 is 27.5 Å². The van der Waals surface area contributed by atoms with E-state index in [1.54, 1.807) is 6.20 Å². The quantitative estimate of drug-likeness (QED) is 0.762. The van der Waals surface area contributed by atoms with Gasteiger partial charge in [-0.25, -0.2) is 9.97 Å². The fourth-order valence-electron chi connectivity index (χ4n) is 1.86. The first-order valence-electron chi connectivity index (χ1n) is 5.66. The molecule has 0 spiro atoms. The van der Waals surface area contributed by atoms with E-state index in [4.69, 9.17) is 11.6 Å². The van der Waals surface area contributed by atoms with Crippen molar-refractivity contribution >= 4 is 44.7 Å². The predicted octanol–water partition coefficient (Wildman–Crippen LogP) is 4.20. The van der Waals surface area contributed by atoms with E-state index in [2.05, 4.69) is 31.2 Å². The normalized spacial score (nSPS) is 10.9. The minimum atomic E-state index is 0.659. The maximum atomic E-state index is 6.28. The van der Waals surface area contributed by atoms with Crippen molar-refractivity contribution < 1.29 is 0 Å². The van der Waals surface area contributed by atoms with Crippen LogP contribution in [0, 0.1) is 6.92 Å². The van der Waals surface area contributed by atoms with Crippen LogP contribution in [0.4, 0.5) is 11.5 Å². The maximum absolute atomic E-state index is 6.28. The van der Waals surface area contributed by atoms with Crippen LogP contribution in [0.15, 0.2) is 41.4 Å². The van der Waals surface area contributed by atoms with Gasteiger partial charge in [0.25, 0.3) is 0 Å². The number of anilines is 2. The molecule has 1 N–H and O–H groups in total. The predicted molar refractivity (Wildman–Crippen MR) is 80.2 cm³/mol. The average Bonchev–Trinajstić information content (AvgIpc) is 2.83. The zero-order valence-corrected chi connectivity index (χ0v) is 12.4. The molecule has 0 aliphatic carbocycles. The number of nitrogens with zero attached hydrogens (tertiary/aromatic N) is 3. The molecule has 0 aliphatic heterocycles. The van der Waals surface area contributed by atoms with Gasteiger partial charge in [0.2, 0.25) is 0 Å². The van der Waals surface area contributed by atoms with Crippen LogP contribution in [0.2, 0.25) is 5.02 Å². The molecule has 0 aliphatic rings. The summed E-state index contributed by atoms with van der Waals surface area (Å²) in [5, 5.41) is 3.92. The number of imidazole rings is 1. The van der Waals surface area contributed by atoms with Gasteiger partial charge >= 0.3 is 0 Å². The van der Waals surface area contributed by atoms with Gasteiger partial charge in [-0.1, -0.05) is 23.7 Å². The van der Waals surface area contributed by atoms with Crippen molar-refractivity contribution in [1.29, 1.82) is 0 Å². The molecule has 0 bridgehead atoms. The lowest BCUT2D eigenvalue weighted by atomic mass is 10.2. The van der Waals surface area contributed by atoms with Crippen LogP contribution in [0.25, 0.3) is 5.65 Å². The molecular formula is C13H10BrClN4. The Bertz CT molecular complexity index is 753. The first kappa shape index (κ1) is 12.4. The summed E-state index contributed by atoms with van der Waals surface area (Å²) in [6, 6.07) is 5.83. The molecule has 0 atom stereocenters. The molecule has 3 aromatic rings.